The number of benzene rings is 1. The summed E-state index contributed by atoms with van der Waals surface area (Å²) in [6.07, 6.45) is 11.2. The van der Waals surface area contributed by atoms with Crippen molar-refractivity contribution < 1.29 is 19.7 Å². The van der Waals surface area contributed by atoms with E-state index in [1.54, 1.807) is 44.1 Å². The first kappa shape index (κ1) is 22.4. The number of nitrogens with two attached hydrogens (primary N) is 1. The number of carbonyl (C=O) groups is 1. The molecular weight excluding hydrogens is 408 g/mol. The average molecular weight is 441 g/mol. The van der Waals surface area contributed by atoms with Crippen LogP contribution in [0.4, 0.5) is 5.69 Å². The van der Waals surface area contributed by atoms with Crippen molar-refractivity contribution in [2.75, 3.05) is 18.6 Å². The zero-order valence-electron chi connectivity index (χ0n) is 18.9. The first-order valence-corrected chi connectivity index (χ1v) is 11.1. The predicted molar refractivity (Wildman–Crippen MR) is 123 cm³/mol. The second-order valence-corrected chi connectivity index (χ2v) is 9.26. The summed E-state index contributed by atoms with van der Waals surface area (Å²) < 4.78 is 7.55. The number of aliphatic hydroxyl groups is 2. The number of nitrogens with zero attached hydrogens (tertiary/aromatic N) is 3. The van der Waals surface area contributed by atoms with Crippen molar-refractivity contribution in [2.45, 2.75) is 57.2 Å². The van der Waals surface area contributed by atoms with E-state index in [1.165, 1.54) is 0 Å². The van der Waals surface area contributed by atoms with Crippen LogP contribution in [0.1, 0.15) is 51.1 Å². The molecule has 1 aliphatic heterocycles. The summed E-state index contributed by atoms with van der Waals surface area (Å²) in [6, 6.07) is 3.36. The number of hydrogen-bond donors (Lipinski definition) is 3. The van der Waals surface area contributed by atoms with E-state index in [2.05, 4.69) is 0 Å². The Morgan fingerprint density at radius 2 is 2.00 bits per heavy atom. The van der Waals surface area contributed by atoms with Gasteiger partial charge in [-0.1, -0.05) is 12.2 Å². The molecule has 1 atom stereocenters. The Bertz CT molecular complexity index is 1060. The van der Waals surface area contributed by atoms with Crippen molar-refractivity contribution in [3.63, 3.8) is 0 Å². The van der Waals surface area contributed by atoms with E-state index < -0.39 is 17.6 Å². The van der Waals surface area contributed by atoms with Gasteiger partial charge in [-0.05, 0) is 63.7 Å². The van der Waals surface area contributed by atoms with Crippen LogP contribution in [-0.4, -0.2) is 45.7 Å². The van der Waals surface area contributed by atoms with Crippen molar-refractivity contribution >= 4 is 22.5 Å². The van der Waals surface area contributed by atoms with Crippen LogP contribution >= 0.6 is 0 Å². The number of primary amides is 1. The monoisotopic (exact) mass is 440 g/mol. The number of anilines is 1. The number of aromatic nitrogens is 2. The van der Waals surface area contributed by atoms with E-state index in [0.29, 0.717) is 23.1 Å². The smallest absolute Gasteiger partial charge is 0.244 e. The standard InChI is InChI=1S/C24H32N4O4/c1-24(2,31)18-12-19-16(13-27(26-19)17-9-7-15(14-29)8-10-17)11-21(18)28-20(23(25)30)5-4-6-22(28)32-3/h4-6,11-13,15,17,20,29,31H,7-10,14H2,1-3H3,(H2,25,30). The Hall–Kier alpha value is -2.84. The van der Waals surface area contributed by atoms with Gasteiger partial charge in [0.05, 0.1) is 30.0 Å². The summed E-state index contributed by atoms with van der Waals surface area (Å²) in [7, 11) is 1.54. The summed E-state index contributed by atoms with van der Waals surface area (Å²) >= 11 is 0. The van der Waals surface area contributed by atoms with Crippen LogP contribution < -0.4 is 10.6 Å². The van der Waals surface area contributed by atoms with Gasteiger partial charge in [0.15, 0.2) is 5.88 Å². The Labute approximate surface area is 187 Å². The molecule has 4 rings (SSSR count). The molecule has 2 aromatic rings. The van der Waals surface area contributed by atoms with E-state index in [-0.39, 0.29) is 12.6 Å². The van der Waals surface area contributed by atoms with Crippen LogP contribution in [0, 0.1) is 5.92 Å². The topological polar surface area (TPSA) is 114 Å². The third-order valence-corrected chi connectivity index (χ3v) is 6.56. The Morgan fingerprint density at radius 3 is 2.59 bits per heavy atom. The lowest BCUT2D eigenvalue weighted by atomic mass is 9.87. The Balaban J connectivity index is 1.80. The first-order valence-electron chi connectivity index (χ1n) is 11.1. The summed E-state index contributed by atoms with van der Waals surface area (Å²) in [5.41, 5.74) is 6.57. The minimum Gasteiger partial charge on any atom is -0.482 e. The number of allylic oxidation sites excluding steroid dienone is 2. The highest BCUT2D eigenvalue weighted by Crippen LogP contribution is 2.39. The molecular formula is C24H32N4O4. The molecule has 0 spiro atoms. The maximum atomic E-state index is 12.2. The molecule has 1 aromatic heterocycles. The van der Waals surface area contributed by atoms with Gasteiger partial charge >= 0.3 is 0 Å². The van der Waals surface area contributed by atoms with Gasteiger partial charge in [-0.2, -0.15) is 5.10 Å². The number of fused-ring (bicyclic) bond motifs is 1. The van der Waals surface area contributed by atoms with Gasteiger partial charge in [0.25, 0.3) is 0 Å². The molecule has 2 aliphatic rings. The fourth-order valence-corrected chi connectivity index (χ4v) is 4.75. The maximum Gasteiger partial charge on any atom is 0.244 e. The molecule has 1 amide bonds. The lowest BCUT2D eigenvalue weighted by molar-refractivity contribution is -0.118. The van der Waals surface area contributed by atoms with Gasteiger partial charge < -0.3 is 20.7 Å². The van der Waals surface area contributed by atoms with Gasteiger partial charge in [-0.25, -0.2) is 0 Å². The largest absolute Gasteiger partial charge is 0.482 e. The van der Waals surface area contributed by atoms with Crippen molar-refractivity contribution in [3.8, 4) is 0 Å². The van der Waals surface area contributed by atoms with E-state index in [0.717, 1.165) is 36.6 Å². The van der Waals surface area contributed by atoms with E-state index >= 15 is 0 Å². The number of carbonyl (C=O) groups excluding carboxylic acids is 1. The molecule has 1 saturated carbocycles. The van der Waals surface area contributed by atoms with Crippen LogP contribution in [0.25, 0.3) is 10.9 Å². The van der Waals surface area contributed by atoms with Crippen molar-refractivity contribution in [3.05, 3.63) is 48.0 Å². The van der Waals surface area contributed by atoms with E-state index in [4.69, 9.17) is 15.6 Å². The molecule has 1 aliphatic carbocycles. The Morgan fingerprint density at radius 1 is 1.28 bits per heavy atom. The molecule has 4 N–H and O–H groups in total. The zero-order valence-corrected chi connectivity index (χ0v) is 18.9. The number of methoxy groups -OCH3 is 1. The third-order valence-electron chi connectivity index (χ3n) is 6.56. The highest BCUT2D eigenvalue weighted by atomic mass is 16.5. The zero-order chi connectivity index (χ0) is 23.0. The number of rotatable bonds is 6. The lowest BCUT2D eigenvalue weighted by Gasteiger charge is -2.36. The van der Waals surface area contributed by atoms with Gasteiger partial charge in [-0.15, -0.1) is 0 Å². The molecule has 32 heavy (non-hydrogen) atoms. The molecule has 172 valence electrons. The van der Waals surface area contributed by atoms with E-state index in [9.17, 15) is 15.0 Å². The van der Waals surface area contributed by atoms with Crippen molar-refractivity contribution in [2.24, 2.45) is 11.7 Å². The van der Waals surface area contributed by atoms with Crippen molar-refractivity contribution in [1.29, 1.82) is 0 Å². The molecule has 1 fully saturated rings. The van der Waals surface area contributed by atoms with Gasteiger partial charge in [0, 0.05) is 23.8 Å². The summed E-state index contributed by atoms with van der Waals surface area (Å²) in [4.78, 5) is 14.0. The highest BCUT2D eigenvalue weighted by molar-refractivity contribution is 5.91. The van der Waals surface area contributed by atoms with Crippen LogP contribution in [0.3, 0.4) is 0 Å². The SMILES string of the molecule is COC1=CC=CC(C(N)=O)N1c1cc2cn(C3CCC(CO)CC3)nc2cc1C(C)(C)O. The lowest BCUT2D eigenvalue weighted by Crippen LogP contribution is -2.45. The predicted octanol–water partition coefficient (Wildman–Crippen LogP) is 2.71. The molecule has 0 bridgehead atoms. The minimum atomic E-state index is -1.19. The quantitative estimate of drug-likeness (QED) is 0.636. The van der Waals surface area contributed by atoms with Crippen LogP contribution in [0.15, 0.2) is 42.4 Å². The maximum absolute atomic E-state index is 12.2. The molecule has 2 heterocycles. The average Bonchev–Trinajstić information content (AvgIpc) is 3.20. The fourth-order valence-electron chi connectivity index (χ4n) is 4.75. The second-order valence-electron chi connectivity index (χ2n) is 9.26. The second kappa shape index (κ2) is 8.60. The number of amides is 1. The molecule has 1 aromatic carbocycles. The summed E-state index contributed by atoms with van der Waals surface area (Å²) in [5, 5.41) is 26.1. The number of ether oxygens (including phenoxy) is 1. The van der Waals surface area contributed by atoms with Gasteiger partial charge in [-0.3, -0.25) is 14.4 Å². The third kappa shape index (κ3) is 4.12. The number of hydrogen-bond acceptors (Lipinski definition) is 6. The van der Waals surface area contributed by atoms with Crippen LogP contribution in [-0.2, 0) is 15.1 Å². The summed E-state index contributed by atoms with van der Waals surface area (Å²) in [5.74, 6) is 0.333. The highest BCUT2D eigenvalue weighted by Gasteiger charge is 2.33. The van der Waals surface area contributed by atoms with Gasteiger partial charge in [0.2, 0.25) is 5.91 Å². The Kier molecular flexibility index (Phi) is 6.01. The number of aliphatic hydroxyl groups excluding tert-OH is 1. The molecule has 0 saturated heterocycles. The normalized spacial score (nSPS) is 24.0. The first-order chi connectivity index (χ1) is 15.2. The minimum absolute atomic E-state index is 0.243. The molecule has 8 nitrogen and oxygen atoms in total. The molecule has 0 radical (unpaired) electrons. The fraction of sp³-hybridized carbons (Fsp3) is 0.500. The summed E-state index contributed by atoms with van der Waals surface area (Å²) in [6.45, 7) is 3.66. The van der Waals surface area contributed by atoms with Crippen molar-refractivity contribution in [1.82, 2.24) is 9.78 Å². The van der Waals surface area contributed by atoms with Gasteiger partial charge in [0.1, 0.15) is 6.04 Å². The van der Waals surface area contributed by atoms with Crippen LogP contribution in [0.2, 0.25) is 0 Å². The molecule has 1 unspecified atom stereocenters. The molecule has 8 heteroatoms. The van der Waals surface area contributed by atoms with Crippen LogP contribution in [0.5, 0.6) is 0 Å². The van der Waals surface area contributed by atoms with E-state index in [1.807, 2.05) is 23.0 Å².